The average Bonchev–Trinajstić information content (AvgIpc) is 2.49. The first kappa shape index (κ1) is 17.4. The molecule has 1 fully saturated rings. The molecule has 7 heteroatoms. The van der Waals surface area contributed by atoms with E-state index in [1.54, 1.807) is 30.0 Å². The Hall–Kier alpha value is -1.95. The van der Waals surface area contributed by atoms with Crippen molar-refractivity contribution < 1.29 is 19.8 Å². The Balaban J connectivity index is 1.89. The molecule has 0 radical (unpaired) electrons. The summed E-state index contributed by atoms with van der Waals surface area (Å²) in [6, 6.07) is 4.90. The van der Waals surface area contributed by atoms with Crippen molar-refractivity contribution in [3.05, 3.63) is 23.2 Å². The lowest BCUT2D eigenvalue weighted by Crippen LogP contribution is -2.49. The second-order valence-electron chi connectivity index (χ2n) is 5.91. The summed E-state index contributed by atoms with van der Waals surface area (Å²) in [4.78, 5) is 26.6. The maximum absolute atomic E-state index is 12.2. The molecule has 1 atom stereocenters. The third-order valence-corrected chi connectivity index (χ3v) is 4.19. The predicted molar refractivity (Wildman–Crippen MR) is 87.9 cm³/mol. The maximum Gasteiger partial charge on any atom is 0.303 e. The Kier molecular flexibility index (Phi) is 5.71. The summed E-state index contributed by atoms with van der Waals surface area (Å²) < 4.78 is 0. The molecule has 1 amide bonds. The highest BCUT2D eigenvalue weighted by atomic mass is 35.5. The molecule has 1 saturated heterocycles. The van der Waals surface area contributed by atoms with Crippen LogP contribution in [-0.4, -0.2) is 53.2 Å². The number of piperazine rings is 1. The van der Waals surface area contributed by atoms with Gasteiger partial charge in [-0.15, -0.1) is 0 Å². The number of phenolic OH excluding ortho intramolecular Hbond substituents is 1. The minimum Gasteiger partial charge on any atom is -0.506 e. The number of nitrogens with zero attached hydrogens (tertiary/aromatic N) is 2. The van der Waals surface area contributed by atoms with E-state index in [1.165, 1.54) is 0 Å². The number of amides is 1. The number of carboxylic acids is 1. The highest BCUT2D eigenvalue weighted by Gasteiger charge is 2.24. The molecular formula is C16H21ClN2O4. The van der Waals surface area contributed by atoms with Crippen LogP contribution in [0.2, 0.25) is 5.02 Å². The highest BCUT2D eigenvalue weighted by Crippen LogP contribution is 2.31. The lowest BCUT2D eigenvalue weighted by atomic mass is 10.0. The van der Waals surface area contributed by atoms with Crippen molar-refractivity contribution in [2.45, 2.75) is 19.8 Å². The Bertz CT molecular complexity index is 585. The van der Waals surface area contributed by atoms with Gasteiger partial charge in [0.2, 0.25) is 5.91 Å². The van der Waals surface area contributed by atoms with E-state index in [0.717, 1.165) is 0 Å². The summed E-state index contributed by atoms with van der Waals surface area (Å²) in [6.07, 6.45) is 0.247. The first-order chi connectivity index (χ1) is 10.9. The van der Waals surface area contributed by atoms with Crippen LogP contribution in [0, 0.1) is 5.92 Å². The molecule has 1 unspecified atom stereocenters. The number of hydrogen-bond donors (Lipinski definition) is 2. The van der Waals surface area contributed by atoms with Gasteiger partial charge in [0.1, 0.15) is 5.75 Å². The van der Waals surface area contributed by atoms with Crippen molar-refractivity contribution in [3.63, 3.8) is 0 Å². The maximum atomic E-state index is 12.2. The van der Waals surface area contributed by atoms with Gasteiger partial charge in [0.25, 0.3) is 0 Å². The van der Waals surface area contributed by atoms with Crippen LogP contribution in [0.25, 0.3) is 0 Å². The molecule has 0 aromatic heterocycles. The third kappa shape index (κ3) is 4.76. The topological polar surface area (TPSA) is 81.1 Å². The van der Waals surface area contributed by atoms with E-state index >= 15 is 0 Å². The molecule has 1 aromatic carbocycles. The molecule has 2 N–H and O–H groups in total. The zero-order valence-electron chi connectivity index (χ0n) is 13.0. The zero-order chi connectivity index (χ0) is 17.0. The van der Waals surface area contributed by atoms with Gasteiger partial charge < -0.3 is 20.0 Å². The van der Waals surface area contributed by atoms with Crippen molar-refractivity contribution in [2.75, 3.05) is 31.1 Å². The van der Waals surface area contributed by atoms with E-state index in [-0.39, 0.29) is 30.4 Å². The van der Waals surface area contributed by atoms with Crippen molar-refractivity contribution in [1.29, 1.82) is 0 Å². The molecule has 0 aliphatic carbocycles. The number of phenols is 1. The Labute approximate surface area is 140 Å². The van der Waals surface area contributed by atoms with Crippen LogP contribution in [-0.2, 0) is 9.59 Å². The van der Waals surface area contributed by atoms with Gasteiger partial charge in [-0.2, -0.15) is 0 Å². The number of benzene rings is 1. The number of rotatable bonds is 5. The predicted octanol–water partition coefficient (Wildman–Crippen LogP) is 2.20. The smallest absolute Gasteiger partial charge is 0.303 e. The molecule has 1 aliphatic heterocycles. The Morgan fingerprint density at radius 3 is 2.48 bits per heavy atom. The summed E-state index contributed by atoms with van der Waals surface area (Å²) >= 11 is 5.96. The molecule has 0 bridgehead atoms. The van der Waals surface area contributed by atoms with Gasteiger partial charge in [0, 0.05) is 44.0 Å². The molecule has 23 heavy (non-hydrogen) atoms. The summed E-state index contributed by atoms with van der Waals surface area (Å²) in [5.41, 5.74) is 0.670. The van der Waals surface area contributed by atoms with Crippen LogP contribution >= 0.6 is 11.6 Å². The van der Waals surface area contributed by atoms with Crippen molar-refractivity contribution in [2.24, 2.45) is 5.92 Å². The first-order valence-corrected chi connectivity index (χ1v) is 7.97. The van der Waals surface area contributed by atoms with Crippen LogP contribution in [0.15, 0.2) is 18.2 Å². The van der Waals surface area contributed by atoms with E-state index in [0.29, 0.717) is 36.9 Å². The van der Waals surface area contributed by atoms with Crippen LogP contribution < -0.4 is 4.90 Å². The van der Waals surface area contributed by atoms with E-state index in [9.17, 15) is 14.7 Å². The number of carbonyl (C=O) groups is 2. The lowest BCUT2D eigenvalue weighted by molar-refractivity contribution is -0.138. The molecule has 0 saturated carbocycles. The quantitative estimate of drug-likeness (QED) is 0.858. The van der Waals surface area contributed by atoms with Crippen LogP contribution in [0.4, 0.5) is 5.69 Å². The van der Waals surface area contributed by atoms with Crippen molar-refractivity contribution >= 4 is 29.2 Å². The fourth-order valence-electron chi connectivity index (χ4n) is 2.74. The summed E-state index contributed by atoms with van der Waals surface area (Å²) in [7, 11) is 0. The third-order valence-electron chi connectivity index (χ3n) is 3.96. The molecule has 1 heterocycles. The molecule has 0 spiro atoms. The summed E-state index contributed by atoms with van der Waals surface area (Å²) in [5, 5.41) is 19.2. The summed E-state index contributed by atoms with van der Waals surface area (Å²) in [6.45, 7) is 4.07. The fourth-order valence-corrected chi connectivity index (χ4v) is 2.91. The molecule has 126 valence electrons. The monoisotopic (exact) mass is 340 g/mol. The van der Waals surface area contributed by atoms with Gasteiger partial charge in [0.15, 0.2) is 0 Å². The van der Waals surface area contributed by atoms with Gasteiger partial charge in [-0.25, -0.2) is 0 Å². The number of hydrogen-bond acceptors (Lipinski definition) is 4. The summed E-state index contributed by atoms with van der Waals surface area (Å²) in [5.74, 6) is -0.903. The Morgan fingerprint density at radius 2 is 1.87 bits per heavy atom. The van der Waals surface area contributed by atoms with Crippen LogP contribution in [0.3, 0.4) is 0 Å². The molecule has 2 rings (SSSR count). The number of aromatic hydroxyl groups is 1. The molecular weight excluding hydrogens is 320 g/mol. The van der Waals surface area contributed by atoms with Gasteiger partial charge in [-0.3, -0.25) is 9.59 Å². The number of carboxylic acid groups (broad SMARTS) is 1. The number of anilines is 1. The average molecular weight is 341 g/mol. The minimum atomic E-state index is -0.883. The van der Waals surface area contributed by atoms with Crippen LogP contribution in [0.1, 0.15) is 19.8 Å². The number of aliphatic carboxylic acids is 1. The second kappa shape index (κ2) is 7.55. The largest absolute Gasteiger partial charge is 0.506 e. The Morgan fingerprint density at radius 1 is 1.22 bits per heavy atom. The van der Waals surface area contributed by atoms with Gasteiger partial charge in [0.05, 0.1) is 5.69 Å². The van der Waals surface area contributed by atoms with Crippen molar-refractivity contribution in [3.8, 4) is 5.75 Å². The standard InChI is InChI=1S/C16H21ClN2O4/c1-11(9-16(22)23)8-15(21)19-6-4-18(5-7-19)13-10-12(17)2-3-14(13)20/h2-3,10-11,20H,4-9H2,1H3,(H,22,23). The highest BCUT2D eigenvalue weighted by molar-refractivity contribution is 6.30. The SMILES string of the molecule is CC(CC(=O)O)CC(=O)N1CCN(c2cc(Cl)ccc2O)CC1. The number of halogens is 1. The van der Waals surface area contributed by atoms with Gasteiger partial charge in [-0.1, -0.05) is 18.5 Å². The zero-order valence-corrected chi connectivity index (χ0v) is 13.8. The second-order valence-corrected chi connectivity index (χ2v) is 6.34. The molecule has 1 aliphatic rings. The minimum absolute atomic E-state index is 0.00208. The van der Waals surface area contributed by atoms with Crippen molar-refractivity contribution in [1.82, 2.24) is 4.90 Å². The van der Waals surface area contributed by atoms with Gasteiger partial charge in [-0.05, 0) is 24.1 Å². The first-order valence-electron chi connectivity index (χ1n) is 7.60. The molecule has 6 nitrogen and oxygen atoms in total. The van der Waals surface area contributed by atoms with Crippen LogP contribution in [0.5, 0.6) is 5.75 Å². The van der Waals surface area contributed by atoms with E-state index in [1.807, 2.05) is 4.90 Å². The number of carbonyl (C=O) groups excluding carboxylic acids is 1. The van der Waals surface area contributed by atoms with E-state index in [4.69, 9.17) is 16.7 Å². The lowest BCUT2D eigenvalue weighted by Gasteiger charge is -2.36. The van der Waals surface area contributed by atoms with Gasteiger partial charge >= 0.3 is 5.97 Å². The molecule has 1 aromatic rings. The fraction of sp³-hybridized carbons (Fsp3) is 0.500. The van der Waals surface area contributed by atoms with E-state index < -0.39 is 5.97 Å². The van der Waals surface area contributed by atoms with E-state index in [2.05, 4.69) is 0 Å². The normalized spacial score (nSPS) is 16.3.